The van der Waals surface area contributed by atoms with Crippen LogP contribution in [-0.2, 0) is 4.74 Å². The molecular formula is C27H19N3O4. The predicted octanol–water partition coefficient (Wildman–Crippen LogP) is 5.03. The highest BCUT2D eigenvalue weighted by molar-refractivity contribution is 5.94. The molecule has 0 saturated carbocycles. The second-order valence-corrected chi connectivity index (χ2v) is 7.79. The van der Waals surface area contributed by atoms with Gasteiger partial charge in [-0.2, -0.15) is 0 Å². The fourth-order valence-electron chi connectivity index (χ4n) is 4.35. The lowest BCUT2D eigenvalue weighted by Crippen LogP contribution is -2.26. The minimum atomic E-state index is -0.547. The van der Waals surface area contributed by atoms with Crippen molar-refractivity contribution in [3.8, 4) is 23.0 Å². The third kappa shape index (κ3) is 3.93. The maximum absolute atomic E-state index is 12.3. The zero-order valence-electron chi connectivity index (χ0n) is 18.0. The van der Waals surface area contributed by atoms with E-state index in [1.54, 1.807) is 18.3 Å². The third-order valence-electron chi connectivity index (χ3n) is 5.88. The molecule has 0 spiro atoms. The Bertz CT molecular complexity index is 1440. The van der Waals surface area contributed by atoms with E-state index in [0.29, 0.717) is 16.3 Å². The summed E-state index contributed by atoms with van der Waals surface area (Å²) in [6.45, 7) is 0.313. The van der Waals surface area contributed by atoms with Gasteiger partial charge >= 0.3 is 6.09 Å². The number of hydrogen-bond donors (Lipinski definition) is 1. The molecule has 166 valence electrons. The van der Waals surface area contributed by atoms with E-state index in [1.165, 1.54) is 23.4 Å². The molecule has 0 saturated heterocycles. The van der Waals surface area contributed by atoms with Crippen LogP contribution in [0, 0.1) is 22.0 Å². The normalized spacial score (nSPS) is 11.8. The Balaban J connectivity index is 1.23. The Morgan fingerprint density at radius 3 is 2.41 bits per heavy atom. The van der Waals surface area contributed by atoms with E-state index in [9.17, 15) is 14.9 Å². The molecule has 3 aromatic carbocycles. The highest BCUT2D eigenvalue weighted by atomic mass is 16.6. The molecule has 1 aliphatic carbocycles. The lowest BCUT2D eigenvalue weighted by Gasteiger charge is -2.14. The maximum atomic E-state index is 12.3. The summed E-state index contributed by atoms with van der Waals surface area (Å²) in [6.07, 6.45) is 2.47. The molecule has 34 heavy (non-hydrogen) atoms. The number of benzene rings is 3. The molecule has 0 fully saturated rings. The van der Waals surface area contributed by atoms with Crippen LogP contribution in [0.5, 0.6) is 0 Å². The summed E-state index contributed by atoms with van der Waals surface area (Å²) >= 11 is 0. The van der Waals surface area contributed by atoms with E-state index >= 15 is 0 Å². The molecule has 1 aromatic heterocycles. The van der Waals surface area contributed by atoms with Crippen molar-refractivity contribution in [1.29, 1.82) is 0 Å². The highest BCUT2D eigenvalue weighted by Gasteiger charge is 2.28. The number of alkyl carbamates (subject to hydrolysis) is 1. The smallest absolute Gasteiger partial charge is 0.407 e. The first-order valence-electron chi connectivity index (χ1n) is 10.7. The number of nitrogens with one attached hydrogen (secondary N) is 1. The topological polar surface area (TPSA) is 94.4 Å². The van der Waals surface area contributed by atoms with Gasteiger partial charge in [-0.25, -0.2) is 4.79 Å². The zero-order valence-corrected chi connectivity index (χ0v) is 18.0. The molecule has 5 rings (SSSR count). The summed E-state index contributed by atoms with van der Waals surface area (Å²) in [5.41, 5.74) is 5.24. The van der Waals surface area contributed by atoms with Crippen LogP contribution in [-0.4, -0.2) is 29.2 Å². The SMILES string of the molecule is O=C(NCC#Cc1ccc([N+](=O)[O-])c2cnccc12)OCC1c2ccccc2-c2ccccc21. The standard InChI is InChI=1S/C27H19N3O4/c31-27(34-17-25-22-9-3-1-7-20(22)21-8-2-4-10-23(21)25)29-14-5-6-18-11-12-26(30(32)33)24-16-28-15-13-19(18)24/h1-4,7-13,15-16,25H,14,17H2,(H,29,31). The van der Waals surface area contributed by atoms with Crippen molar-refractivity contribution in [2.45, 2.75) is 5.92 Å². The number of ether oxygens (including phenoxy) is 1. The summed E-state index contributed by atoms with van der Waals surface area (Å²) in [6, 6.07) is 21.0. The molecule has 1 N–H and O–H groups in total. The largest absolute Gasteiger partial charge is 0.449 e. The first-order valence-corrected chi connectivity index (χ1v) is 10.7. The van der Waals surface area contributed by atoms with E-state index < -0.39 is 11.0 Å². The summed E-state index contributed by atoms with van der Waals surface area (Å²) in [4.78, 5) is 27.0. The number of amides is 1. The van der Waals surface area contributed by atoms with Crippen molar-refractivity contribution in [3.63, 3.8) is 0 Å². The van der Waals surface area contributed by atoms with Crippen molar-refractivity contribution in [3.05, 3.63) is 106 Å². The predicted molar refractivity (Wildman–Crippen MR) is 128 cm³/mol. The number of nitrogens with zero attached hydrogens (tertiary/aromatic N) is 2. The van der Waals surface area contributed by atoms with Crippen LogP contribution in [0.15, 0.2) is 79.1 Å². The quantitative estimate of drug-likeness (QED) is 0.268. The van der Waals surface area contributed by atoms with E-state index in [0.717, 1.165) is 11.1 Å². The van der Waals surface area contributed by atoms with E-state index in [2.05, 4.69) is 46.4 Å². The van der Waals surface area contributed by atoms with Crippen LogP contribution in [0.25, 0.3) is 21.9 Å². The van der Waals surface area contributed by atoms with Gasteiger partial charge in [0.25, 0.3) is 5.69 Å². The number of rotatable bonds is 4. The molecule has 0 radical (unpaired) electrons. The highest BCUT2D eigenvalue weighted by Crippen LogP contribution is 2.44. The Labute approximate surface area is 195 Å². The molecule has 0 bridgehead atoms. The van der Waals surface area contributed by atoms with Crippen molar-refractivity contribution in [1.82, 2.24) is 10.3 Å². The summed E-state index contributed by atoms with van der Waals surface area (Å²) < 4.78 is 5.50. The molecule has 1 heterocycles. The molecule has 0 aliphatic heterocycles. The van der Waals surface area contributed by atoms with Crippen molar-refractivity contribution < 1.29 is 14.5 Å². The molecular weight excluding hydrogens is 430 g/mol. The van der Waals surface area contributed by atoms with E-state index in [1.807, 2.05) is 24.3 Å². The summed E-state index contributed by atoms with van der Waals surface area (Å²) in [7, 11) is 0. The molecule has 1 amide bonds. The first kappa shape index (κ1) is 21.2. The van der Waals surface area contributed by atoms with Gasteiger partial charge in [-0.05, 0) is 34.4 Å². The number of aromatic nitrogens is 1. The van der Waals surface area contributed by atoms with Gasteiger partial charge in [0.2, 0.25) is 0 Å². The van der Waals surface area contributed by atoms with E-state index in [4.69, 9.17) is 4.74 Å². The lowest BCUT2D eigenvalue weighted by molar-refractivity contribution is -0.383. The molecule has 7 nitrogen and oxygen atoms in total. The fourth-order valence-corrected chi connectivity index (χ4v) is 4.35. The summed E-state index contributed by atoms with van der Waals surface area (Å²) in [5, 5.41) is 14.9. The number of fused-ring (bicyclic) bond motifs is 4. The van der Waals surface area contributed by atoms with Crippen molar-refractivity contribution >= 4 is 22.6 Å². The first-order chi connectivity index (χ1) is 16.6. The van der Waals surface area contributed by atoms with Crippen LogP contribution in [0.3, 0.4) is 0 Å². The summed E-state index contributed by atoms with van der Waals surface area (Å²) in [5.74, 6) is 5.83. The Morgan fingerprint density at radius 2 is 1.71 bits per heavy atom. The van der Waals surface area contributed by atoms with Crippen LogP contribution in [0.2, 0.25) is 0 Å². The van der Waals surface area contributed by atoms with Gasteiger partial charge in [0.1, 0.15) is 6.61 Å². The van der Waals surface area contributed by atoms with Crippen LogP contribution in [0.4, 0.5) is 10.5 Å². The van der Waals surface area contributed by atoms with Crippen LogP contribution in [0.1, 0.15) is 22.6 Å². The molecule has 1 aliphatic rings. The van der Waals surface area contributed by atoms with Crippen LogP contribution < -0.4 is 5.32 Å². The Hall–Kier alpha value is -4.70. The van der Waals surface area contributed by atoms with Gasteiger partial charge in [-0.15, -0.1) is 0 Å². The monoisotopic (exact) mass is 449 g/mol. The third-order valence-corrected chi connectivity index (χ3v) is 5.88. The van der Waals surface area contributed by atoms with Gasteiger partial charge in [0, 0.05) is 35.3 Å². The number of nitro groups is 1. The second kappa shape index (κ2) is 9.04. The minimum absolute atomic E-state index is 0.00989. The molecule has 0 unspecified atom stereocenters. The molecule has 0 atom stereocenters. The van der Waals surface area contributed by atoms with Crippen molar-refractivity contribution in [2.75, 3.05) is 13.2 Å². The van der Waals surface area contributed by atoms with Gasteiger partial charge in [0.15, 0.2) is 0 Å². The Kier molecular flexibility index (Phi) is 5.63. The molecule has 4 aromatic rings. The van der Waals surface area contributed by atoms with Gasteiger partial charge < -0.3 is 10.1 Å². The fraction of sp³-hybridized carbons (Fsp3) is 0.111. The van der Waals surface area contributed by atoms with Crippen LogP contribution >= 0.6 is 0 Å². The average molecular weight is 449 g/mol. The number of non-ortho nitro benzene ring substituents is 1. The van der Waals surface area contributed by atoms with Crippen molar-refractivity contribution in [2.24, 2.45) is 0 Å². The molecule has 7 heteroatoms. The number of hydrogen-bond acceptors (Lipinski definition) is 5. The number of pyridine rings is 1. The average Bonchev–Trinajstić information content (AvgIpc) is 3.19. The maximum Gasteiger partial charge on any atom is 0.407 e. The minimum Gasteiger partial charge on any atom is -0.449 e. The zero-order chi connectivity index (χ0) is 23.5. The number of carbonyl (C=O) groups excluding carboxylic acids is 1. The van der Waals surface area contributed by atoms with Gasteiger partial charge in [0.05, 0.1) is 16.9 Å². The second-order valence-electron chi connectivity index (χ2n) is 7.79. The lowest BCUT2D eigenvalue weighted by atomic mass is 9.98. The van der Waals surface area contributed by atoms with Gasteiger partial charge in [-0.1, -0.05) is 60.4 Å². The number of nitro benzene ring substituents is 1. The Morgan fingerprint density at radius 1 is 1.00 bits per heavy atom. The number of carbonyl (C=O) groups is 1. The van der Waals surface area contributed by atoms with Gasteiger partial charge in [-0.3, -0.25) is 15.1 Å². The van der Waals surface area contributed by atoms with E-state index in [-0.39, 0.29) is 24.8 Å².